The molecule has 0 radical (unpaired) electrons. The number of amides is 2. The van der Waals surface area contributed by atoms with Crippen molar-refractivity contribution in [2.75, 3.05) is 0 Å². The summed E-state index contributed by atoms with van der Waals surface area (Å²) in [5.41, 5.74) is 0.885. The molecule has 1 heterocycles. The number of carbonyl (C=O) groups is 2. The lowest BCUT2D eigenvalue weighted by atomic mass is 10.0. The van der Waals surface area contributed by atoms with Crippen molar-refractivity contribution in [3.63, 3.8) is 0 Å². The van der Waals surface area contributed by atoms with Gasteiger partial charge in [0.15, 0.2) is 4.80 Å². The van der Waals surface area contributed by atoms with Crippen LogP contribution in [0.3, 0.4) is 0 Å². The minimum absolute atomic E-state index is 0.101. The fourth-order valence-electron chi connectivity index (χ4n) is 2.00. The Morgan fingerprint density at radius 2 is 2.00 bits per heavy atom. The second kappa shape index (κ2) is 8.44. The first-order chi connectivity index (χ1) is 11.5. The summed E-state index contributed by atoms with van der Waals surface area (Å²) in [5, 5.41) is 4.45. The second-order valence-electron chi connectivity index (χ2n) is 5.67. The van der Waals surface area contributed by atoms with Crippen LogP contribution in [0.2, 0.25) is 0 Å². The van der Waals surface area contributed by atoms with Crippen LogP contribution in [0.15, 0.2) is 46.9 Å². The Balaban J connectivity index is 1.99. The number of ether oxygens (including phenoxy) is 1. The van der Waals surface area contributed by atoms with Gasteiger partial charge in [0.2, 0.25) is 0 Å². The van der Waals surface area contributed by atoms with E-state index >= 15 is 0 Å². The summed E-state index contributed by atoms with van der Waals surface area (Å²) in [6, 6.07) is 8.64. The normalized spacial score (nSPS) is 12.9. The maximum atomic E-state index is 12.4. The van der Waals surface area contributed by atoms with E-state index in [1.165, 1.54) is 11.3 Å². The fraction of sp³-hybridized carbons (Fsp3) is 0.353. The van der Waals surface area contributed by atoms with Crippen LogP contribution in [0.25, 0.3) is 0 Å². The van der Waals surface area contributed by atoms with Crippen molar-refractivity contribution in [3.8, 4) is 0 Å². The predicted octanol–water partition coefficient (Wildman–Crippen LogP) is 2.46. The van der Waals surface area contributed by atoms with E-state index in [0.29, 0.717) is 4.80 Å². The van der Waals surface area contributed by atoms with Gasteiger partial charge in [0.05, 0.1) is 0 Å². The summed E-state index contributed by atoms with van der Waals surface area (Å²) in [7, 11) is 1.81. The summed E-state index contributed by atoms with van der Waals surface area (Å²) in [6.45, 7) is 3.86. The average molecular weight is 347 g/mol. The summed E-state index contributed by atoms with van der Waals surface area (Å²) < 4.78 is 6.93. The molecule has 1 atom stereocenters. The molecule has 0 aliphatic carbocycles. The van der Waals surface area contributed by atoms with Gasteiger partial charge in [-0.3, -0.25) is 4.79 Å². The van der Waals surface area contributed by atoms with E-state index in [-0.39, 0.29) is 18.4 Å². The first-order valence-electron chi connectivity index (χ1n) is 7.63. The minimum Gasteiger partial charge on any atom is -0.445 e. The molecule has 2 rings (SSSR count). The SMILES string of the molecule is CC(C)[C@H](NC(=O)OCc1ccccc1)C(=O)N=c1sccn1C. The highest BCUT2D eigenvalue weighted by atomic mass is 32.1. The monoisotopic (exact) mass is 347 g/mol. The highest BCUT2D eigenvalue weighted by Crippen LogP contribution is 2.06. The third kappa shape index (κ3) is 5.06. The number of benzene rings is 1. The Morgan fingerprint density at radius 3 is 2.58 bits per heavy atom. The minimum atomic E-state index is -0.727. The van der Waals surface area contributed by atoms with E-state index < -0.39 is 12.1 Å². The first kappa shape index (κ1) is 17.9. The maximum Gasteiger partial charge on any atom is 0.408 e. The highest BCUT2D eigenvalue weighted by molar-refractivity contribution is 7.07. The van der Waals surface area contributed by atoms with E-state index in [4.69, 9.17) is 4.74 Å². The molecule has 2 amide bonds. The van der Waals surface area contributed by atoms with E-state index in [1.54, 1.807) is 4.57 Å². The van der Waals surface area contributed by atoms with E-state index in [9.17, 15) is 9.59 Å². The van der Waals surface area contributed by atoms with E-state index in [1.807, 2.05) is 62.8 Å². The molecule has 2 aromatic rings. The lowest BCUT2D eigenvalue weighted by Crippen LogP contribution is -2.44. The first-order valence-corrected chi connectivity index (χ1v) is 8.51. The summed E-state index contributed by atoms with van der Waals surface area (Å²) >= 11 is 1.36. The standard InChI is InChI=1S/C17H21N3O3S/c1-12(2)14(15(21)19-16-20(3)9-10-24-16)18-17(22)23-11-13-7-5-4-6-8-13/h4-10,12,14H,11H2,1-3H3,(H,18,22)/t14-/m0/s1. The molecule has 1 aromatic heterocycles. The molecule has 0 bridgehead atoms. The number of aromatic nitrogens is 1. The van der Waals surface area contributed by atoms with Crippen LogP contribution in [0.5, 0.6) is 0 Å². The third-order valence-electron chi connectivity index (χ3n) is 3.38. The van der Waals surface area contributed by atoms with Crippen LogP contribution in [-0.2, 0) is 23.2 Å². The molecule has 7 heteroatoms. The van der Waals surface area contributed by atoms with Crippen molar-refractivity contribution >= 4 is 23.3 Å². The van der Waals surface area contributed by atoms with Crippen molar-refractivity contribution in [2.45, 2.75) is 26.5 Å². The molecule has 0 aliphatic rings. The molecule has 0 fully saturated rings. The van der Waals surface area contributed by atoms with Gasteiger partial charge in [0, 0.05) is 18.6 Å². The smallest absolute Gasteiger partial charge is 0.408 e. The fourth-order valence-corrected chi connectivity index (χ4v) is 2.74. The number of nitrogens with zero attached hydrogens (tertiary/aromatic N) is 2. The number of hydrogen-bond acceptors (Lipinski definition) is 4. The van der Waals surface area contributed by atoms with Crippen molar-refractivity contribution in [1.29, 1.82) is 0 Å². The van der Waals surface area contributed by atoms with Gasteiger partial charge in [0.1, 0.15) is 12.6 Å². The number of carbonyl (C=O) groups excluding carboxylic acids is 2. The average Bonchev–Trinajstić information content (AvgIpc) is 2.96. The van der Waals surface area contributed by atoms with Crippen molar-refractivity contribution in [1.82, 2.24) is 9.88 Å². The van der Waals surface area contributed by atoms with E-state index in [2.05, 4.69) is 10.3 Å². The molecule has 1 aromatic carbocycles. The van der Waals surface area contributed by atoms with Gasteiger partial charge >= 0.3 is 6.09 Å². The van der Waals surface area contributed by atoms with Gasteiger partial charge < -0.3 is 14.6 Å². The van der Waals surface area contributed by atoms with Crippen molar-refractivity contribution in [3.05, 3.63) is 52.3 Å². The molecular formula is C17H21N3O3S. The van der Waals surface area contributed by atoms with Crippen LogP contribution in [0, 0.1) is 5.92 Å². The zero-order valence-corrected chi connectivity index (χ0v) is 14.7. The topological polar surface area (TPSA) is 72.7 Å². The molecule has 0 unspecified atom stereocenters. The molecule has 128 valence electrons. The maximum absolute atomic E-state index is 12.4. The second-order valence-corrected chi connectivity index (χ2v) is 6.55. The Bertz CT molecular complexity index is 750. The summed E-state index contributed by atoms with van der Waals surface area (Å²) in [5.74, 6) is -0.490. The zero-order chi connectivity index (χ0) is 17.5. The molecule has 1 N–H and O–H groups in total. The Labute approximate surface area is 144 Å². The van der Waals surface area contributed by atoms with Crippen LogP contribution in [0.1, 0.15) is 19.4 Å². The van der Waals surface area contributed by atoms with Crippen LogP contribution in [-0.4, -0.2) is 22.6 Å². The van der Waals surface area contributed by atoms with E-state index in [0.717, 1.165) is 5.56 Å². The van der Waals surface area contributed by atoms with Crippen molar-refractivity contribution < 1.29 is 14.3 Å². The predicted molar refractivity (Wildman–Crippen MR) is 92.2 cm³/mol. The van der Waals surface area contributed by atoms with Crippen LogP contribution >= 0.6 is 11.3 Å². The Hall–Kier alpha value is -2.41. The Kier molecular flexibility index (Phi) is 6.31. The number of thiazole rings is 1. The summed E-state index contributed by atoms with van der Waals surface area (Å²) in [6.07, 6.45) is 1.19. The van der Waals surface area contributed by atoms with Gasteiger partial charge in [0.25, 0.3) is 5.91 Å². The van der Waals surface area contributed by atoms with Crippen LogP contribution < -0.4 is 10.1 Å². The largest absolute Gasteiger partial charge is 0.445 e. The lowest BCUT2D eigenvalue weighted by molar-refractivity contribution is -0.121. The molecule has 6 nitrogen and oxygen atoms in total. The Morgan fingerprint density at radius 1 is 1.29 bits per heavy atom. The van der Waals surface area contributed by atoms with Gasteiger partial charge in [-0.05, 0) is 11.5 Å². The van der Waals surface area contributed by atoms with Gasteiger partial charge in [-0.1, -0.05) is 44.2 Å². The number of aryl methyl sites for hydroxylation is 1. The third-order valence-corrected chi connectivity index (χ3v) is 4.23. The lowest BCUT2D eigenvalue weighted by Gasteiger charge is -2.18. The number of rotatable bonds is 5. The molecule has 0 saturated carbocycles. The van der Waals surface area contributed by atoms with Crippen LogP contribution in [0.4, 0.5) is 4.79 Å². The molecule has 0 saturated heterocycles. The number of hydrogen-bond donors (Lipinski definition) is 1. The molecule has 0 aliphatic heterocycles. The zero-order valence-electron chi connectivity index (χ0n) is 13.9. The molecule has 24 heavy (non-hydrogen) atoms. The van der Waals surface area contributed by atoms with Gasteiger partial charge in [-0.15, -0.1) is 11.3 Å². The quantitative estimate of drug-likeness (QED) is 0.903. The van der Waals surface area contributed by atoms with Crippen molar-refractivity contribution in [2.24, 2.45) is 18.0 Å². The molecular weight excluding hydrogens is 326 g/mol. The highest BCUT2D eigenvalue weighted by Gasteiger charge is 2.24. The number of nitrogens with one attached hydrogen (secondary N) is 1. The summed E-state index contributed by atoms with van der Waals surface area (Å²) in [4.78, 5) is 29.0. The number of alkyl carbamates (subject to hydrolysis) is 1. The van der Waals surface area contributed by atoms with Gasteiger partial charge in [-0.2, -0.15) is 4.99 Å². The molecule has 0 spiro atoms. The van der Waals surface area contributed by atoms with Gasteiger partial charge in [-0.25, -0.2) is 4.79 Å².